The molecule has 1 fully saturated rings. The van der Waals surface area contributed by atoms with Crippen LogP contribution in [0, 0.1) is 0 Å². The van der Waals surface area contributed by atoms with E-state index in [4.69, 9.17) is 4.74 Å². The van der Waals surface area contributed by atoms with Crippen LogP contribution in [0.5, 0.6) is 0 Å². The Bertz CT molecular complexity index is 215. The van der Waals surface area contributed by atoms with Crippen LogP contribution in [0.25, 0.3) is 0 Å². The van der Waals surface area contributed by atoms with E-state index in [1.165, 1.54) is 0 Å². The molecule has 1 aliphatic heterocycles. The maximum atomic E-state index is 11.2. The van der Waals surface area contributed by atoms with Crippen LogP contribution in [0.3, 0.4) is 0 Å². The lowest BCUT2D eigenvalue weighted by Crippen LogP contribution is -2.45. The SMILES string of the molecule is CCC(NC(C)CC(=O)NC)C1CCCO1. The summed E-state index contributed by atoms with van der Waals surface area (Å²) in [5, 5.41) is 6.13. The summed E-state index contributed by atoms with van der Waals surface area (Å²) in [7, 11) is 1.67. The molecule has 0 spiro atoms. The first-order valence-corrected chi connectivity index (χ1v) is 6.25. The Kier molecular flexibility index (Phi) is 5.77. The molecule has 0 aromatic carbocycles. The van der Waals surface area contributed by atoms with Gasteiger partial charge in [0, 0.05) is 32.2 Å². The van der Waals surface area contributed by atoms with Crippen molar-refractivity contribution in [3.8, 4) is 0 Å². The predicted octanol–water partition coefficient (Wildman–Crippen LogP) is 1.06. The summed E-state index contributed by atoms with van der Waals surface area (Å²) in [6.07, 6.45) is 4.20. The molecule has 0 saturated carbocycles. The topological polar surface area (TPSA) is 50.4 Å². The van der Waals surface area contributed by atoms with E-state index in [1.54, 1.807) is 7.05 Å². The summed E-state index contributed by atoms with van der Waals surface area (Å²) in [6, 6.07) is 0.580. The molecule has 4 heteroatoms. The number of carbonyl (C=O) groups excluding carboxylic acids is 1. The van der Waals surface area contributed by atoms with Gasteiger partial charge in [0.2, 0.25) is 5.91 Å². The van der Waals surface area contributed by atoms with E-state index in [0.717, 1.165) is 25.9 Å². The van der Waals surface area contributed by atoms with Crippen LogP contribution in [0.15, 0.2) is 0 Å². The van der Waals surface area contributed by atoms with Crippen LogP contribution >= 0.6 is 0 Å². The van der Waals surface area contributed by atoms with Crippen LogP contribution in [0.2, 0.25) is 0 Å². The molecule has 1 heterocycles. The van der Waals surface area contributed by atoms with E-state index in [1.807, 2.05) is 6.92 Å². The summed E-state index contributed by atoms with van der Waals surface area (Å²) >= 11 is 0. The molecule has 1 amide bonds. The van der Waals surface area contributed by atoms with Crippen molar-refractivity contribution in [1.29, 1.82) is 0 Å². The first-order chi connectivity index (χ1) is 7.67. The van der Waals surface area contributed by atoms with E-state index in [0.29, 0.717) is 18.6 Å². The Morgan fingerprint density at radius 3 is 2.81 bits per heavy atom. The lowest BCUT2D eigenvalue weighted by Gasteiger charge is -2.26. The van der Waals surface area contributed by atoms with Gasteiger partial charge in [0.15, 0.2) is 0 Å². The van der Waals surface area contributed by atoms with Crippen LogP contribution in [-0.4, -0.2) is 37.7 Å². The van der Waals surface area contributed by atoms with Crippen LogP contribution in [0.1, 0.15) is 39.5 Å². The monoisotopic (exact) mass is 228 g/mol. The van der Waals surface area contributed by atoms with Gasteiger partial charge >= 0.3 is 0 Å². The molecule has 3 atom stereocenters. The second-order valence-electron chi connectivity index (χ2n) is 4.51. The molecule has 0 radical (unpaired) electrons. The number of nitrogens with one attached hydrogen (secondary N) is 2. The predicted molar refractivity (Wildman–Crippen MR) is 64.3 cm³/mol. The van der Waals surface area contributed by atoms with Gasteiger partial charge in [-0.2, -0.15) is 0 Å². The van der Waals surface area contributed by atoms with Crippen molar-refractivity contribution in [3.05, 3.63) is 0 Å². The number of hydrogen-bond donors (Lipinski definition) is 2. The molecule has 0 aromatic heterocycles. The largest absolute Gasteiger partial charge is 0.377 e. The lowest BCUT2D eigenvalue weighted by atomic mass is 10.0. The average Bonchev–Trinajstić information content (AvgIpc) is 2.79. The van der Waals surface area contributed by atoms with Gasteiger partial charge < -0.3 is 15.4 Å². The summed E-state index contributed by atoms with van der Waals surface area (Å²) in [4.78, 5) is 11.2. The molecule has 3 unspecified atom stereocenters. The molecule has 16 heavy (non-hydrogen) atoms. The van der Waals surface area contributed by atoms with Gasteiger partial charge in [-0.25, -0.2) is 0 Å². The molecule has 4 nitrogen and oxygen atoms in total. The van der Waals surface area contributed by atoms with Gasteiger partial charge in [0.1, 0.15) is 0 Å². The van der Waals surface area contributed by atoms with Crippen molar-refractivity contribution in [1.82, 2.24) is 10.6 Å². The molecule has 0 aliphatic carbocycles. The molecule has 1 aliphatic rings. The molecule has 1 rings (SSSR count). The zero-order chi connectivity index (χ0) is 12.0. The van der Waals surface area contributed by atoms with Gasteiger partial charge in [-0.1, -0.05) is 6.92 Å². The minimum absolute atomic E-state index is 0.0854. The Morgan fingerprint density at radius 1 is 1.56 bits per heavy atom. The van der Waals surface area contributed by atoms with Crippen LogP contribution in [-0.2, 0) is 9.53 Å². The van der Waals surface area contributed by atoms with Crippen LogP contribution < -0.4 is 10.6 Å². The third-order valence-corrected chi connectivity index (χ3v) is 3.12. The van der Waals surface area contributed by atoms with Crippen molar-refractivity contribution >= 4 is 5.91 Å². The lowest BCUT2D eigenvalue weighted by molar-refractivity contribution is -0.121. The second-order valence-corrected chi connectivity index (χ2v) is 4.51. The van der Waals surface area contributed by atoms with Crippen molar-refractivity contribution in [3.63, 3.8) is 0 Å². The number of rotatable bonds is 6. The van der Waals surface area contributed by atoms with Crippen molar-refractivity contribution < 1.29 is 9.53 Å². The van der Waals surface area contributed by atoms with E-state index in [9.17, 15) is 4.79 Å². The van der Waals surface area contributed by atoms with Gasteiger partial charge in [0.25, 0.3) is 0 Å². The second kappa shape index (κ2) is 6.86. The minimum Gasteiger partial charge on any atom is -0.377 e. The molecule has 0 bridgehead atoms. The number of hydrogen-bond acceptors (Lipinski definition) is 3. The van der Waals surface area contributed by atoms with Gasteiger partial charge in [-0.15, -0.1) is 0 Å². The normalized spacial score (nSPS) is 24.1. The molecule has 1 saturated heterocycles. The standard InChI is InChI=1S/C12H24N2O2/c1-4-10(11-6-5-7-16-11)14-9(2)8-12(15)13-3/h9-11,14H,4-8H2,1-3H3,(H,13,15). The number of amides is 1. The highest BCUT2D eigenvalue weighted by atomic mass is 16.5. The zero-order valence-electron chi connectivity index (χ0n) is 10.6. The summed E-state index contributed by atoms with van der Waals surface area (Å²) in [5.41, 5.74) is 0. The quantitative estimate of drug-likeness (QED) is 0.714. The Balaban J connectivity index is 2.33. The third-order valence-electron chi connectivity index (χ3n) is 3.12. The first-order valence-electron chi connectivity index (χ1n) is 6.25. The summed E-state index contributed by atoms with van der Waals surface area (Å²) in [6.45, 7) is 5.09. The molecular formula is C12H24N2O2. The van der Waals surface area contributed by atoms with E-state index in [2.05, 4.69) is 17.6 Å². The van der Waals surface area contributed by atoms with Crippen LogP contribution in [0.4, 0.5) is 0 Å². The Morgan fingerprint density at radius 2 is 2.31 bits per heavy atom. The smallest absolute Gasteiger partial charge is 0.221 e. The third kappa shape index (κ3) is 4.10. The molecule has 0 aromatic rings. The molecule has 2 N–H and O–H groups in total. The van der Waals surface area contributed by atoms with Gasteiger partial charge in [0.05, 0.1) is 6.10 Å². The summed E-state index contributed by atoms with van der Waals surface area (Å²) in [5.74, 6) is 0.0854. The van der Waals surface area contributed by atoms with Crippen molar-refractivity contribution in [2.45, 2.75) is 57.7 Å². The zero-order valence-corrected chi connectivity index (χ0v) is 10.6. The first kappa shape index (κ1) is 13.5. The van der Waals surface area contributed by atoms with Gasteiger partial charge in [-0.05, 0) is 26.2 Å². The number of ether oxygens (including phenoxy) is 1. The fraction of sp³-hybridized carbons (Fsp3) is 0.917. The van der Waals surface area contributed by atoms with Crippen molar-refractivity contribution in [2.24, 2.45) is 0 Å². The number of carbonyl (C=O) groups is 1. The highest BCUT2D eigenvalue weighted by Crippen LogP contribution is 2.18. The highest BCUT2D eigenvalue weighted by molar-refractivity contribution is 5.76. The fourth-order valence-corrected chi connectivity index (χ4v) is 2.21. The highest BCUT2D eigenvalue weighted by Gasteiger charge is 2.25. The fourth-order valence-electron chi connectivity index (χ4n) is 2.21. The average molecular weight is 228 g/mol. The Hall–Kier alpha value is -0.610. The maximum Gasteiger partial charge on any atom is 0.221 e. The van der Waals surface area contributed by atoms with E-state index < -0.39 is 0 Å². The molecular weight excluding hydrogens is 204 g/mol. The summed E-state index contributed by atoms with van der Waals surface area (Å²) < 4.78 is 5.68. The van der Waals surface area contributed by atoms with E-state index >= 15 is 0 Å². The molecule has 94 valence electrons. The van der Waals surface area contributed by atoms with E-state index in [-0.39, 0.29) is 11.9 Å². The maximum absolute atomic E-state index is 11.2. The van der Waals surface area contributed by atoms with Gasteiger partial charge in [-0.3, -0.25) is 4.79 Å². The minimum atomic E-state index is 0.0854. The van der Waals surface area contributed by atoms with Crippen molar-refractivity contribution in [2.75, 3.05) is 13.7 Å². The Labute approximate surface area is 98.1 Å².